The molecule has 3 N–H and O–H groups in total. The Morgan fingerprint density at radius 2 is 2.17 bits per heavy atom. The molecule has 2 rings (SSSR count). The molecular weight excluding hydrogens is 250 g/mol. The van der Waals surface area contributed by atoms with Gasteiger partial charge in [-0.3, -0.25) is 0 Å². The van der Waals surface area contributed by atoms with Crippen LogP contribution in [-0.4, -0.2) is 17.0 Å². The molecule has 6 heteroatoms. The Labute approximate surface area is 111 Å². The zero-order chi connectivity index (χ0) is 13.0. The summed E-state index contributed by atoms with van der Waals surface area (Å²) in [6, 6.07) is 9.52. The maximum Gasteiger partial charge on any atom is 0.145 e. The lowest BCUT2D eigenvalue weighted by Crippen LogP contribution is -2.18. The molecule has 1 heterocycles. The van der Waals surface area contributed by atoms with Gasteiger partial charge >= 0.3 is 0 Å². The van der Waals surface area contributed by atoms with E-state index in [1.165, 1.54) is 6.33 Å². The van der Waals surface area contributed by atoms with E-state index in [0.29, 0.717) is 12.4 Å². The number of anilines is 2. The highest BCUT2D eigenvalue weighted by Gasteiger charge is 2.05. The molecule has 1 aromatic heterocycles. The number of hydrazine groups is 1. The van der Waals surface area contributed by atoms with E-state index in [1.54, 1.807) is 6.07 Å². The normalized spacial score (nSPS) is 10.2. The third kappa shape index (κ3) is 3.09. The van der Waals surface area contributed by atoms with Crippen molar-refractivity contribution in [2.24, 2.45) is 5.84 Å². The van der Waals surface area contributed by atoms with Crippen LogP contribution in [0.4, 0.5) is 11.6 Å². The number of benzene rings is 1. The summed E-state index contributed by atoms with van der Waals surface area (Å²) in [7, 11) is 1.95. The molecule has 0 atom stereocenters. The van der Waals surface area contributed by atoms with Crippen molar-refractivity contribution in [3.63, 3.8) is 0 Å². The highest BCUT2D eigenvalue weighted by atomic mass is 35.5. The summed E-state index contributed by atoms with van der Waals surface area (Å²) in [5.74, 6) is 6.69. The number of hydrogen-bond donors (Lipinski definition) is 2. The van der Waals surface area contributed by atoms with Crippen LogP contribution in [0.1, 0.15) is 5.56 Å². The van der Waals surface area contributed by atoms with Gasteiger partial charge in [0.2, 0.25) is 0 Å². The summed E-state index contributed by atoms with van der Waals surface area (Å²) in [5.41, 5.74) is 3.61. The Morgan fingerprint density at radius 1 is 1.33 bits per heavy atom. The lowest BCUT2D eigenvalue weighted by atomic mass is 10.2. The Morgan fingerprint density at radius 3 is 2.89 bits per heavy atom. The van der Waals surface area contributed by atoms with Crippen LogP contribution in [0, 0.1) is 0 Å². The number of nitrogens with two attached hydrogens (primary N) is 1. The summed E-state index contributed by atoms with van der Waals surface area (Å²) < 4.78 is 0. The first kappa shape index (κ1) is 12.6. The first-order valence-corrected chi connectivity index (χ1v) is 5.81. The molecule has 0 saturated heterocycles. The predicted octanol–water partition coefficient (Wildman–Crippen LogP) is 2.05. The zero-order valence-corrected chi connectivity index (χ0v) is 10.7. The molecule has 0 aliphatic carbocycles. The van der Waals surface area contributed by atoms with Crippen molar-refractivity contribution in [3.05, 3.63) is 47.2 Å². The molecule has 18 heavy (non-hydrogen) atoms. The molecule has 2 aromatic rings. The minimum Gasteiger partial charge on any atom is -0.355 e. The van der Waals surface area contributed by atoms with Crippen molar-refractivity contribution < 1.29 is 0 Å². The van der Waals surface area contributed by atoms with Crippen LogP contribution in [-0.2, 0) is 6.54 Å². The van der Waals surface area contributed by atoms with Gasteiger partial charge in [-0.15, -0.1) is 0 Å². The van der Waals surface area contributed by atoms with Gasteiger partial charge in [-0.25, -0.2) is 15.8 Å². The van der Waals surface area contributed by atoms with Gasteiger partial charge in [-0.2, -0.15) is 0 Å². The Kier molecular flexibility index (Phi) is 3.96. The maximum absolute atomic E-state index is 5.95. The largest absolute Gasteiger partial charge is 0.355 e. The molecule has 0 aliphatic heterocycles. The van der Waals surface area contributed by atoms with Crippen molar-refractivity contribution in [1.82, 2.24) is 9.97 Å². The molecule has 0 fully saturated rings. The minimum absolute atomic E-state index is 0.581. The summed E-state index contributed by atoms with van der Waals surface area (Å²) in [6.45, 7) is 0.710. The third-order valence-corrected chi connectivity index (χ3v) is 2.74. The summed E-state index contributed by atoms with van der Waals surface area (Å²) in [5, 5.41) is 0.730. The Balaban J connectivity index is 2.13. The van der Waals surface area contributed by atoms with Gasteiger partial charge < -0.3 is 10.3 Å². The van der Waals surface area contributed by atoms with E-state index < -0.39 is 0 Å². The van der Waals surface area contributed by atoms with Gasteiger partial charge in [-0.05, 0) is 17.7 Å². The van der Waals surface area contributed by atoms with E-state index in [-0.39, 0.29) is 0 Å². The SMILES string of the molecule is CN(Cc1cccc(Cl)c1)c1cc(NN)ncn1. The van der Waals surface area contributed by atoms with Crippen molar-refractivity contribution in [2.45, 2.75) is 6.54 Å². The fraction of sp³-hybridized carbons (Fsp3) is 0.167. The van der Waals surface area contributed by atoms with Crippen molar-refractivity contribution in [2.75, 3.05) is 17.4 Å². The lowest BCUT2D eigenvalue weighted by Gasteiger charge is -2.18. The number of halogens is 1. The molecule has 0 saturated carbocycles. The van der Waals surface area contributed by atoms with Crippen LogP contribution >= 0.6 is 11.6 Å². The van der Waals surface area contributed by atoms with Crippen molar-refractivity contribution in [1.29, 1.82) is 0 Å². The second-order valence-corrected chi connectivity index (χ2v) is 4.33. The molecule has 0 aliphatic rings. The topological polar surface area (TPSA) is 67.1 Å². The molecule has 94 valence electrons. The molecule has 0 unspecified atom stereocenters. The van der Waals surface area contributed by atoms with Crippen LogP contribution in [0.25, 0.3) is 0 Å². The molecule has 0 radical (unpaired) electrons. The van der Waals surface area contributed by atoms with Crippen LogP contribution in [0.2, 0.25) is 5.02 Å². The van der Waals surface area contributed by atoms with Gasteiger partial charge in [-0.1, -0.05) is 23.7 Å². The summed E-state index contributed by atoms with van der Waals surface area (Å²) in [4.78, 5) is 10.2. The molecular formula is C12H14ClN5. The molecule has 0 bridgehead atoms. The number of hydrogen-bond acceptors (Lipinski definition) is 5. The van der Waals surface area contributed by atoms with E-state index in [9.17, 15) is 0 Å². The van der Waals surface area contributed by atoms with Crippen molar-refractivity contribution in [3.8, 4) is 0 Å². The average Bonchev–Trinajstić information content (AvgIpc) is 2.39. The monoisotopic (exact) mass is 263 g/mol. The quantitative estimate of drug-likeness (QED) is 0.653. The van der Waals surface area contributed by atoms with E-state index in [4.69, 9.17) is 17.4 Å². The van der Waals surface area contributed by atoms with Crippen molar-refractivity contribution >= 4 is 23.2 Å². The Bertz CT molecular complexity index is 531. The van der Waals surface area contributed by atoms with Crippen LogP contribution in [0.5, 0.6) is 0 Å². The van der Waals surface area contributed by atoms with Gasteiger partial charge in [0.15, 0.2) is 0 Å². The fourth-order valence-electron chi connectivity index (χ4n) is 1.62. The number of nitrogen functional groups attached to an aromatic ring is 1. The summed E-state index contributed by atoms with van der Waals surface area (Å²) >= 11 is 5.95. The first-order chi connectivity index (χ1) is 8.69. The molecule has 5 nitrogen and oxygen atoms in total. The van der Waals surface area contributed by atoms with E-state index in [2.05, 4.69) is 15.4 Å². The number of aromatic nitrogens is 2. The average molecular weight is 264 g/mol. The predicted molar refractivity (Wildman–Crippen MR) is 73.4 cm³/mol. The lowest BCUT2D eigenvalue weighted by molar-refractivity contribution is 0.891. The summed E-state index contributed by atoms with van der Waals surface area (Å²) in [6.07, 6.45) is 1.47. The highest BCUT2D eigenvalue weighted by Crippen LogP contribution is 2.16. The van der Waals surface area contributed by atoms with Gasteiger partial charge in [0.05, 0.1) is 0 Å². The second-order valence-electron chi connectivity index (χ2n) is 3.89. The van der Waals surface area contributed by atoms with Crippen LogP contribution < -0.4 is 16.2 Å². The second kappa shape index (κ2) is 5.66. The highest BCUT2D eigenvalue weighted by molar-refractivity contribution is 6.30. The third-order valence-electron chi connectivity index (χ3n) is 2.50. The standard InChI is InChI=1S/C12H14ClN5/c1-18(7-9-3-2-4-10(13)5-9)12-6-11(17-14)15-8-16-12/h2-6,8H,7,14H2,1H3,(H,15,16,17). The molecule has 1 aromatic carbocycles. The molecule has 0 amide bonds. The number of nitrogens with zero attached hydrogens (tertiary/aromatic N) is 3. The smallest absolute Gasteiger partial charge is 0.145 e. The maximum atomic E-state index is 5.95. The van der Waals surface area contributed by atoms with E-state index in [0.717, 1.165) is 16.4 Å². The van der Waals surface area contributed by atoms with Crippen LogP contribution in [0.15, 0.2) is 36.7 Å². The van der Waals surface area contributed by atoms with Crippen LogP contribution in [0.3, 0.4) is 0 Å². The number of nitrogens with one attached hydrogen (secondary N) is 1. The van der Waals surface area contributed by atoms with E-state index >= 15 is 0 Å². The first-order valence-electron chi connectivity index (χ1n) is 5.43. The van der Waals surface area contributed by atoms with Gasteiger partial charge in [0, 0.05) is 24.7 Å². The minimum atomic E-state index is 0.581. The van der Waals surface area contributed by atoms with Gasteiger partial charge in [0.25, 0.3) is 0 Å². The Hall–Kier alpha value is -1.85. The zero-order valence-electron chi connectivity index (χ0n) is 9.97. The van der Waals surface area contributed by atoms with E-state index in [1.807, 2.05) is 36.2 Å². The van der Waals surface area contributed by atoms with Gasteiger partial charge in [0.1, 0.15) is 18.0 Å². The molecule has 0 spiro atoms. The fourth-order valence-corrected chi connectivity index (χ4v) is 1.84. The number of rotatable bonds is 4.